The van der Waals surface area contributed by atoms with Crippen LogP contribution in [0.2, 0.25) is 0 Å². The molecule has 0 radical (unpaired) electrons. The van der Waals surface area contributed by atoms with E-state index in [0.717, 1.165) is 24.6 Å². The number of aromatic nitrogens is 2. The number of hydrogen-bond acceptors (Lipinski definition) is 4. The third-order valence-electron chi connectivity index (χ3n) is 2.86. The Morgan fingerprint density at radius 3 is 2.61 bits per heavy atom. The van der Waals surface area contributed by atoms with Gasteiger partial charge >= 0.3 is 0 Å². The summed E-state index contributed by atoms with van der Waals surface area (Å²) >= 11 is 0. The first-order chi connectivity index (χ1) is 8.76. The van der Waals surface area contributed by atoms with E-state index in [-0.39, 0.29) is 0 Å². The van der Waals surface area contributed by atoms with E-state index in [0.29, 0.717) is 6.04 Å². The Bertz CT molecular complexity index is 327. The molecule has 0 fully saturated rings. The van der Waals surface area contributed by atoms with Gasteiger partial charge in [0.05, 0.1) is 0 Å². The summed E-state index contributed by atoms with van der Waals surface area (Å²) < 4.78 is 0. The molecule has 4 heteroatoms. The van der Waals surface area contributed by atoms with Crippen molar-refractivity contribution < 1.29 is 0 Å². The van der Waals surface area contributed by atoms with Crippen LogP contribution in [0, 0.1) is 0 Å². The molecule has 1 aromatic rings. The standard InChI is InChI=1S/C14H26N4/c1-4-6-7-8-12(3)18-14-10-13(15-9-5-2)16-11-17-14/h10-12H,4-9H2,1-3H3,(H2,15,16,17,18). The molecule has 0 aromatic carbocycles. The highest BCUT2D eigenvalue weighted by Gasteiger charge is 2.03. The van der Waals surface area contributed by atoms with E-state index in [1.165, 1.54) is 25.7 Å². The van der Waals surface area contributed by atoms with E-state index >= 15 is 0 Å². The molecule has 1 aromatic heterocycles. The molecule has 0 saturated carbocycles. The molecule has 0 aliphatic rings. The molecule has 1 heterocycles. The summed E-state index contributed by atoms with van der Waals surface area (Å²) in [7, 11) is 0. The number of nitrogens with zero attached hydrogens (tertiary/aromatic N) is 2. The molecule has 0 aliphatic heterocycles. The highest BCUT2D eigenvalue weighted by molar-refractivity contribution is 5.46. The van der Waals surface area contributed by atoms with E-state index in [1.54, 1.807) is 6.33 Å². The van der Waals surface area contributed by atoms with E-state index in [1.807, 2.05) is 6.07 Å². The van der Waals surface area contributed by atoms with Gasteiger partial charge in [-0.25, -0.2) is 9.97 Å². The fourth-order valence-electron chi connectivity index (χ4n) is 1.81. The second-order valence-electron chi connectivity index (χ2n) is 4.76. The lowest BCUT2D eigenvalue weighted by atomic mass is 10.1. The quantitative estimate of drug-likeness (QED) is 0.656. The number of nitrogens with one attached hydrogen (secondary N) is 2. The molecule has 18 heavy (non-hydrogen) atoms. The van der Waals surface area contributed by atoms with Crippen LogP contribution in [0.4, 0.5) is 11.6 Å². The van der Waals surface area contributed by atoms with Gasteiger partial charge in [-0.1, -0.05) is 33.1 Å². The molecule has 102 valence electrons. The van der Waals surface area contributed by atoms with Crippen molar-refractivity contribution in [2.75, 3.05) is 17.2 Å². The van der Waals surface area contributed by atoms with Crippen molar-refractivity contribution in [3.63, 3.8) is 0 Å². The first kappa shape index (κ1) is 14.7. The van der Waals surface area contributed by atoms with Gasteiger partial charge in [-0.15, -0.1) is 0 Å². The average molecular weight is 250 g/mol. The van der Waals surface area contributed by atoms with Crippen molar-refractivity contribution in [2.45, 2.75) is 58.9 Å². The van der Waals surface area contributed by atoms with Crippen molar-refractivity contribution in [2.24, 2.45) is 0 Å². The molecule has 4 nitrogen and oxygen atoms in total. The van der Waals surface area contributed by atoms with Crippen molar-refractivity contribution >= 4 is 11.6 Å². The fourth-order valence-corrected chi connectivity index (χ4v) is 1.81. The van der Waals surface area contributed by atoms with Gasteiger partial charge in [-0.05, 0) is 19.8 Å². The summed E-state index contributed by atoms with van der Waals surface area (Å²) in [4.78, 5) is 8.45. The lowest BCUT2D eigenvalue weighted by Gasteiger charge is -2.14. The highest BCUT2D eigenvalue weighted by Crippen LogP contribution is 2.12. The van der Waals surface area contributed by atoms with Gasteiger partial charge in [-0.3, -0.25) is 0 Å². The van der Waals surface area contributed by atoms with Crippen LogP contribution in [0.25, 0.3) is 0 Å². The monoisotopic (exact) mass is 250 g/mol. The summed E-state index contributed by atoms with van der Waals surface area (Å²) in [6.07, 6.45) is 7.75. The largest absolute Gasteiger partial charge is 0.370 e. The number of rotatable bonds is 9. The minimum atomic E-state index is 0.463. The minimum Gasteiger partial charge on any atom is -0.370 e. The van der Waals surface area contributed by atoms with Crippen molar-refractivity contribution in [3.05, 3.63) is 12.4 Å². The minimum absolute atomic E-state index is 0.463. The van der Waals surface area contributed by atoms with Crippen LogP contribution in [0.1, 0.15) is 52.9 Å². The smallest absolute Gasteiger partial charge is 0.131 e. The fraction of sp³-hybridized carbons (Fsp3) is 0.714. The predicted octanol–water partition coefficient (Wildman–Crippen LogP) is 3.68. The topological polar surface area (TPSA) is 49.8 Å². The average Bonchev–Trinajstić information content (AvgIpc) is 2.37. The first-order valence-corrected chi connectivity index (χ1v) is 7.08. The second-order valence-corrected chi connectivity index (χ2v) is 4.76. The zero-order chi connectivity index (χ0) is 13.2. The number of anilines is 2. The summed E-state index contributed by atoms with van der Waals surface area (Å²) in [6, 6.07) is 2.44. The van der Waals surface area contributed by atoms with Crippen LogP contribution < -0.4 is 10.6 Å². The van der Waals surface area contributed by atoms with Crippen LogP contribution in [0.5, 0.6) is 0 Å². The molecular formula is C14H26N4. The Labute approximate surface area is 111 Å². The lowest BCUT2D eigenvalue weighted by molar-refractivity contribution is 0.613. The SMILES string of the molecule is CCCCCC(C)Nc1cc(NCCC)ncn1. The summed E-state index contributed by atoms with van der Waals surface area (Å²) in [5.74, 6) is 1.81. The van der Waals surface area contributed by atoms with Crippen LogP contribution in [0.15, 0.2) is 12.4 Å². The molecular weight excluding hydrogens is 224 g/mol. The molecule has 1 rings (SSSR count). The van der Waals surface area contributed by atoms with E-state index in [2.05, 4.69) is 41.4 Å². The Kier molecular flexibility index (Phi) is 7.14. The molecule has 0 bridgehead atoms. The van der Waals surface area contributed by atoms with Gasteiger partial charge in [0.1, 0.15) is 18.0 Å². The Morgan fingerprint density at radius 1 is 1.11 bits per heavy atom. The van der Waals surface area contributed by atoms with Gasteiger partial charge in [0.15, 0.2) is 0 Å². The molecule has 0 spiro atoms. The van der Waals surface area contributed by atoms with Crippen LogP contribution >= 0.6 is 0 Å². The van der Waals surface area contributed by atoms with E-state index < -0.39 is 0 Å². The van der Waals surface area contributed by atoms with Gasteiger partial charge in [0.2, 0.25) is 0 Å². The highest BCUT2D eigenvalue weighted by atomic mass is 15.1. The van der Waals surface area contributed by atoms with Crippen molar-refractivity contribution in [1.29, 1.82) is 0 Å². The summed E-state index contributed by atoms with van der Waals surface area (Å²) in [5.41, 5.74) is 0. The third kappa shape index (κ3) is 5.84. The Balaban J connectivity index is 2.40. The van der Waals surface area contributed by atoms with E-state index in [4.69, 9.17) is 0 Å². The normalized spacial score (nSPS) is 12.2. The molecule has 2 N–H and O–H groups in total. The molecule has 1 atom stereocenters. The van der Waals surface area contributed by atoms with Crippen LogP contribution in [-0.4, -0.2) is 22.6 Å². The predicted molar refractivity (Wildman–Crippen MR) is 78.0 cm³/mol. The van der Waals surface area contributed by atoms with E-state index in [9.17, 15) is 0 Å². The molecule has 0 aliphatic carbocycles. The van der Waals surface area contributed by atoms with Gasteiger partial charge in [0, 0.05) is 18.7 Å². The van der Waals surface area contributed by atoms with Crippen molar-refractivity contribution in [1.82, 2.24) is 9.97 Å². The third-order valence-corrected chi connectivity index (χ3v) is 2.86. The summed E-state index contributed by atoms with van der Waals surface area (Å²) in [6.45, 7) is 7.52. The molecule has 0 amide bonds. The van der Waals surface area contributed by atoms with Gasteiger partial charge in [0.25, 0.3) is 0 Å². The van der Waals surface area contributed by atoms with Crippen LogP contribution in [-0.2, 0) is 0 Å². The first-order valence-electron chi connectivity index (χ1n) is 7.08. The van der Waals surface area contributed by atoms with Gasteiger partial charge in [-0.2, -0.15) is 0 Å². The molecule has 1 unspecified atom stereocenters. The lowest BCUT2D eigenvalue weighted by Crippen LogP contribution is -2.16. The Morgan fingerprint density at radius 2 is 1.89 bits per heavy atom. The number of hydrogen-bond donors (Lipinski definition) is 2. The molecule has 0 saturated heterocycles. The zero-order valence-electron chi connectivity index (χ0n) is 11.9. The van der Waals surface area contributed by atoms with Crippen LogP contribution in [0.3, 0.4) is 0 Å². The maximum atomic E-state index is 4.25. The second kappa shape index (κ2) is 8.72. The zero-order valence-corrected chi connectivity index (χ0v) is 11.9. The Hall–Kier alpha value is -1.32. The maximum Gasteiger partial charge on any atom is 0.131 e. The number of unbranched alkanes of at least 4 members (excludes halogenated alkanes) is 2. The summed E-state index contributed by atoms with van der Waals surface area (Å²) in [5, 5.41) is 6.70. The van der Waals surface area contributed by atoms with Gasteiger partial charge < -0.3 is 10.6 Å². The maximum absolute atomic E-state index is 4.25. The van der Waals surface area contributed by atoms with Crippen molar-refractivity contribution in [3.8, 4) is 0 Å².